The van der Waals surface area contributed by atoms with E-state index in [0.717, 1.165) is 12.0 Å². The van der Waals surface area contributed by atoms with E-state index in [1.165, 1.54) is 5.56 Å². The fraction of sp³-hybridized carbons (Fsp3) is 0.391. The van der Waals surface area contributed by atoms with Crippen LogP contribution in [0, 0.1) is 6.92 Å². The van der Waals surface area contributed by atoms with E-state index in [4.69, 9.17) is 23.2 Å². The lowest BCUT2D eigenvalue weighted by Gasteiger charge is -2.28. The van der Waals surface area contributed by atoms with Crippen LogP contribution in [0.3, 0.4) is 0 Å². The van der Waals surface area contributed by atoms with Crippen molar-refractivity contribution in [2.75, 3.05) is 27.2 Å². The summed E-state index contributed by atoms with van der Waals surface area (Å²) in [6, 6.07) is 12.6. The highest BCUT2D eigenvalue weighted by Gasteiger charge is 2.35. The molecular formula is C23H27Cl2N3O2. The molecule has 2 atom stereocenters. The van der Waals surface area contributed by atoms with Gasteiger partial charge in [-0.1, -0.05) is 53.0 Å². The third-order valence-corrected chi connectivity index (χ3v) is 6.09. The molecule has 1 fully saturated rings. The van der Waals surface area contributed by atoms with Crippen molar-refractivity contribution in [1.29, 1.82) is 0 Å². The Labute approximate surface area is 187 Å². The van der Waals surface area contributed by atoms with Crippen molar-refractivity contribution in [2.24, 2.45) is 0 Å². The largest absolute Gasteiger partial charge is 0.352 e. The Kier molecular flexibility index (Phi) is 7.40. The lowest BCUT2D eigenvalue weighted by atomic mass is 10.0. The van der Waals surface area contributed by atoms with Crippen LogP contribution in [0.25, 0.3) is 0 Å². The third-order valence-electron chi connectivity index (χ3n) is 5.53. The molecule has 7 heteroatoms. The summed E-state index contributed by atoms with van der Waals surface area (Å²) < 4.78 is 0. The van der Waals surface area contributed by atoms with Gasteiger partial charge in [0.25, 0.3) is 5.91 Å². The number of nitrogens with zero attached hydrogens (tertiary/aromatic N) is 2. The number of rotatable bonds is 6. The predicted octanol–water partition coefficient (Wildman–Crippen LogP) is 4.33. The van der Waals surface area contributed by atoms with E-state index in [1.54, 1.807) is 23.1 Å². The molecule has 30 heavy (non-hydrogen) atoms. The minimum atomic E-state index is -0.506. The van der Waals surface area contributed by atoms with E-state index in [9.17, 15) is 9.59 Å². The molecule has 3 rings (SSSR count). The minimum absolute atomic E-state index is 0.0440. The second-order valence-electron chi connectivity index (χ2n) is 7.92. The third kappa shape index (κ3) is 5.15. The maximum Gasteiger partial charge on any atom is 0.256 e. The van der Waals surface area contributed by atoms with Gasteiger partial charge in [0, 0.05) is 18.1 Å². The highest BCUT2D eigenvalue weighted by Crippen LogP contribution is 2.26. The van der Waals surface area contributed by atoms with Crippen LogP contribution in [0.15, 0.2) is 42.5 Å². The van der Waals surface area contributed by atoms with E-state index in [-0.39, 0.29) is 17.9 Å². The molecular weight excluding hydrogens is 421 g/mol. The average molecular weight is 448 g/mol. The van der Waals surface area contributed by atoms with Gasteiger partial charge in [-0.05, 0) is 57.6 Å². The first-order valence-corrected chi connectivity index (χ1v) is 10.8. The van der Waals surface area contributed by atoms with Crippen molar-refractivity contribution in [1.82, 2.24) is 15.1 Å². The second-order valence-corrected chi connectivity index (χ2v) is 8.76. The van der Waals surface area contributed by atoms with E-state index < -0.39 is 6.04 Å². The van der Waals surface area contributed by atoms with Crippen LogP contribution in [0.5, 0.6) is 0 Å². The first-order chi connectivity index (χ1) is 14.3. The Hall–Kier alpha value is -2.08. The number of likely N-dealkylation sites (N-methyl/N-ethyl adjacent to an activating group) is 1. The maximum atomic E-state index is 13.0. The Morgan fingerprint density at radius 2 is 1.87 bits per heavy atom. The quantitative estimate of drug-likeness (QED) is 0.716. The van der Waals surface area contributed by atoms with Crippen molar-refractivity contribution < 1.29 is 9.59 Å². The molecule has 1 N–H and O–H groups in total. The van der Waals surface area contributed by atoms with Gasteiger partial charge < -0.3 is 15.1 Å². The molecule has 0 aliphatic carbocycles. The number of carbonyl (C=O) groups excluding carboxylic acids is 2. The first-order valence-electron chi connectivity index (χ1n) is 10.0. The van der Waals surface area contributed by atoms with Gasteiger partial charge >= 0.3 is 0 Å². The molecule has 1 aliphatic heterocycles. The van der Waals surface area contributed by atoms with Crippen molar-refractivity contribution >= 4 is 35.0 Å². The summed E-state index contributed by atoms with van der Waals surface area (Å²) in [4.78, 5) is 29.7. The van der Waals surface area contributed by atoms with Crippen molar-refractivity contribution in [3.63, 3.8) is 0 Å². The van der Waals surface area contributed by atoms with Gasteiger partial charge in [-0.2, -0.15) is 0 Å². The van der Waals surface area contributed by atoms with Crippen LogP contribution in [-0.4, -0.2) is 54.8 Å². The summed E-state index contributed by atoms with van der Waals surface area (Å²) in [6.45, 7) is 3.04. The standard InChI is InChI=1S/C23H27Cl2N3O2/c1-15-6-8-16(9-7-15)21(27(2)3)14-26-22(29)20-5-4-12-28(20)23(30)18-13-17(24)10-11-19(18)25/h6-11,13,20-21H,4-5,12,14H2,1-3H3,(H,26,29)/t20-,21-/m0/s1. The number of likely N-dealkylation sites (tertiary alicyclic amines) is 1. The minimum Gasteiger partial charge on any atom is -0.352 e. The van der Waals surface area contributed by atoms with Gasteiger partial charge in [0.15, 0.2) is 0 Å². The van der Waals surface area contributed by atoms with Crippen LogP contribution in [0.1, 0.15) is 40.4 Å². The van der Waals surface area contributed by atoms with Crippen molar-refractivity contribution in [3.05, 3.63) is 69.2 Å². The van der Waals surface area contributed by atoms with Gasteiger partial charge in [-0.15, -0.1) is 0 Å². The van der Waals surface area contributed by atoms with Crippen molar-refractivity contribution in [3.8, 4) is 0 Å². The number of hydrogen-bond acceptors (Lipinski definition) is 3. The van der Waals surface area contributed by atoms with Gasteiger partial charge in [-0.25, -0.2) is 0 Å². The molecule has 0 aromatic heterocycles. The number of halogens is 2. The van der Waals surface area contributed by atoms with Crippen LogP contribution < -0.4 is 5.32 Å². The van der Waals surface area contributed by atoms with Crippen LogP contribution >= 0.6 is 23.2 Å². The topological polar surface area (TPSA) is 52.7 Å². The molecule has 0 radical (unpaired) electrons. The lowest BCUT2D eigenvalue weighted by Crippen LogP contribution is -2.47. The summed E-state index contributed by atoms with van der Waals surface area (Å²) in [5, 5.41) is 3.82. The maximum absolute atomic E-state index is 13.0. The number of nitrogens with one attached hydrogen (secondary N) is 1. The predicted molar refractivity (Wildman–Crippen MR) is 121 cm³/mol. The van der Waals surface area contributed by atoms with Crippen LogP contribution in [0.4, 0.5) is 0 Å². The fourth-order valence-corrected chi connectivity index (χ4v) is 4.17. The number of amides is 2. The number of aryl methyl sites for hydroxylation is 1. The highest BCUT2D eigenvalue weighted by molar-refractivity contribution is 6.35. The molecule has 2 aromatic rings. The summed E-state index contributed by atoms with van der Waals surface area (Å²) >= 11 is 12.2. The molecule has 0 spiro atoms. The molecule has 0 unspecified atom stereocenters. The molecule has 160 valence electrons. The summed E-state index contributed by atoms with van der Waals surface area (Å²) in [5.41, 5.74) is 2.66. The smallest absolute Gasteiger partial charge is 0.256 e. The number of benzene rings is 2. The van der Waals surface area contributed by atoms with Crippen molar-refractivity contribution in [2.45, 2.75) is 31.8 Å². The Morgan fingerprint density at radius 3 is 2.53 bits per heavy atom. The van der Waals surface area contributed by atoms with E-state index in [1.807, 2.05) is 21.0 Å². The molecule has 2 aromatic carbocycles. The average Bonchev–Trinajstić information content (AvgIpc) is 3.20. The van der Waals surface area contributed by atoms with Crippen LogP contribution in [-0.2, 0) is 4.79 Å². The summed E-state index contributed by atoms with van der Waals surface area (Å²) in [7, 11) is 3.98. The Balaban J connectivity index is 1.70. The molecule has 1 heterocycles. The second kappa shape index (κ2) is 9.82. The summed E-state index contributed by atoms with van der Waals surface area (Å²) in [6.07, 6.45) is 1.41. The van der Waals surface area contributed by atoms with E-state index in [2.05, 4.69) is 34.5 Å². The molecule has 1 saturated heterocycles. The Bertz CT molecular complexity index is 915. The molecule has 1 aliphatic rings. The monoisotopic (exact) mass is 447 g/mol. The van der Waals surface area contributed by atoms with Gasteiger partial charge in [0.05, 0.1) is 16.6 Å². The van der Waals surface area contributed by atoms with Crippen LogP contribution in [0.2, 0.25) is 10.0 Å². The molecule has 2 amide bonds. The first kappa shape index (κ1) is 22.6. The van der Waals surface area contributed by atoms with Gasteiger partial charge in [0.2, 0.25) is 5.91 Å². The normalized spacial score (nSPS) is 17.3. The highest BCUT2D eigenvalue weighted by atomic mass is 35.5. The van der Waals surface area contributed by atoms with E-state index in [0.29, 0.717) is 35.1 Å². The molecule has 0 saturated carbocycles. The van der Waals surface area contributed by atoms with Gasteiger partial charge in [0.1, 0.15) is 6.04 Å². The fourth-order valence-electron chi connectivity index (χ4n) is 3.80. The molecule has 0 bridgehead atoms. The Morgan fingerprint density at radius 1 is 1.17 bits per heavy atom. The zero-order valence-electron chi connectivity index (χ0n) is 17.5. The zero-order valence-corrected chi connectivity index (χ0v) is 19.0. The number of carbonyl (C=O) groups is 2. The lowest BCUT2D eigenvalue weighted by molar-refractivity contribution is -0.125. The summed E-state index contributed by atoms with van der Waals surface area (Å²) in [5.74, 6) is -0.402. The SMILES string of the molecule is Cc1ccc([C@H](CNC(=O)[C@@H]2CCCN2C(=O)c2cc(Cl)ccc2Cl)N(C)C)cc1. The number of hydrogen-bond donors (Lipinski definition) is 1. The molecule has 5 nitrogen and oxygen atoms in total. The zero-order chi connectivity index (χ0) is 21.8. The van der Waals surface area contributed by atoms with Gasteiger partial charge in [-0.3, -0.25) is 9.59 Å². The van der Waals surface area contributed by atoms with E-state index >= 15 is 0 Å².